The molecule has 4 saturated carbocycles. The molecule has 1 saturated heterocycles. The highest BCUT2D eigenvalue weighted by Crippen LogP contribution is 2.61. The van der Waals surface area contributed by atoms with E-state index in [9.17, 15) is 9.59 Å². The third-order valence-electron chi connectivity index (χ3n) is 8.94. The first-order valence-corrected chi connectivity index (χ1v) is 12.9. The van der Waals surface area contributed by atoms with Crippen LogP contribution in [0.1, 0.15) is 70.3 Å². The van der Waals surface area contributed by atoms with E-state index in [0.717, 1.165) is 42.6 Å². The first-order chi connectivity index (χ1) is 15.5. The molecule has 0 spiro atoms. The van der Waals surface area contributed by atoms with Crippen molar-refractivity contribution in [3.8, 4) is 0 Å². The zero-order valence-electron chi connectivity index (χ0n) is 19.5. The molecule has 0 unspecified atom stereocenters. The number of nitrogens with one attached hydrogen (secondary N) is 1. The molecule has 4 bridgehead atoms. The van der Waals surface area contributed by atoms with Crippen LogP contribution in [0.2, 0.25) is 0 Å². The van der Waals surface area contributed by atoms with Crippen LogP contribution in [0.15, 0.2) is 36.4 Å². The van der Waals surface area contributed by atoms with E-state index in [-0.39, 0.29) is 17.7 Å². The molecule has 0 radical (unpaired) electrons. The highest BCUT2D eigenvalue weighted by atomic mass is 16.2. The van der Waals surface area contributed by atoms with E-state index in [1.54, 1.807) is 6.08 Å². The molecule has 4 heteroatoms. The zero-order chi connectivity index (χ0) is 22.1. The molecule has 5 aliphatic rings. The highest BCUT2D eigenvalue weighted by Gasteiger charge is 2.54. The van der Waals surface area contributed by atoms with Crippen LogP contribution in [0.3, 0.4) is 0 Å². The summed E-state index contributed by atoms with van der Waals surface area (Å²) in [6.07, 6.45) is 14.4. The standard InChI is InChI=1S/C28H38N2O2/c1-2-25(28-17-21-14-22(18-28)16-23(15-21)19-28)29-27(32)24-10-12-30(13-11-24)26(31)9-8-20-6-4-3-5-7-20/h3-9,21-25H,2,10-19H2,1H3,(H,29,32)/b9-8-/t21?,22?,23?,25-,28?/m0/s1. The monoisotopic (exact) mass is 434 g/mol. The minimum Gasteiger partial charge on any atom is -0.353 e. The molecule has 5 fully saturated rings. The van der Waals surface area contributed by atoms with Gasteiger partial charge in [-0.05, 0) is 92.6 Å². The number of nitrogens with zero attached hydrogens (tertiary/aromatic N) is 1. The Morgan fingerprint density at radius 1 is 1.03 bits per heavy atom. The van der Waals surface area contributed by atoms with Crippen molar-refractivity contribution in [2.45, 2.75) is 70.8 Å². The molecule has 172 valence electrons. The summed E-state index contributed by atoms with van der Waals surface area (Å²) in [4.78, 5) is 27.7. The normalized spacial score (nSPS) is 32.9. The average Bonchev–Trinajstić information content (AvgIpc) is 2.80. The van der Waals surface area contributed by atoms with E-state index in [4.69, 9.17) is 0 Å². The van der Waals surface area contributed by atoms with Crippen LogP contribution in [0.5, 0.6) is 0 Å². The van der Waals surface area contributed by atoms with E-state index in [0.29, 0.717) is 24.5 Å². The molecule has 4 nitrogen and oxygen atoms in total. The van der Waals surface area contributed by atoms with Crippen molar-refractivity contribution in [2.75, 3.05) is 13.1 Å². The van der Waals surface area contributed by atoms with Crippen molar-refractivity contribution in [1.29, 1.82) is 0 Å². The summed E-state index contributed by atoms with van der Waals surface area (Å²) in [5.74, 6) is 3.05. The second kappa shape index (κ2) is 9.03. The number of benzene rings is 1. The molecule has 1 N–H and O–H groups in total. The Morgan fingerprint density at radius 2 is 1.62 bits per heavy atom. The van der Waals surface area contributed by atoms with Gasteiger partial charge in [0.1, 0.15) is 0 Å². The third kappa shape index (κ3) is 4.38. The number of hydrogen-bond acceptors (Lipinski definition) is 2. The fourth-order valence-corrected chi connectivity index (χ4v) is 7.78. The molecule has 1 aromatic rings. The fraction of sp³-hybridized carbons (Fsp3) is 0.643. The van der Waals surface area contributed by atoms with Gasteiger partial charge in [0.2, 0.25) is 11.8 Å². The molecule has 1 aromatic carbocycles. The highest BCUT2D eigenvalue weighted by molar-refractivity contribution is 5.92. The van der Waals surface area contributed by atoms with E-state index in [1.807, 2.05) is 41.3 Å². The summed E-state index contributed by atoms with van der Waals surface area (Å²) in [6.45, 7) is 3.60. The smallest absolute Gasteiger partial charge is 0.246 e. The molecule has 2 amide bonds. The maximum absolute atomic E-state index is 13.2. The van der Waals surface area contributed by atoms with Gasteiger partial charge in [-0.25, -0.2) is 0 Å². The van der Waals surface area contributed by atoms with Gasteiger partial charge in [-0.3, -0.25) is 9.59 Å². The zero-order valence-corrected chi connectivity index (χ0v) is 19.5. The van der Waals surface area contributed by atoms with E-state index in [2.05, 4.69) is 12.2 Å². The van der Waals surface area contributed by atoms with Gasteiger partial charge < -0.3 is 10.2 Å². The molecule has 1 aliphatic heterocycles. The van der Waals surface area contributed by atoms with E-state index in [1.165, 1.54) is 38.5 Å². The molecule has 1 heterocycles. The minimum atomic E-state index is 0.0418. The van der Waals surface area contributed by atoms with Gasteiger partial charge in [0.25, 0.3) is 0 Å². The Balaban J connectivity index is 1.14. The largest absolute Gasteiger partial charge is 0.353 e. The summed E-state index contributed by atoms with van der Waals surface area (Å²) >= 11 is 0. The first-order valence-electron chi connectivity index (χ1n) is 12.9. The van der Waals surface area contributed by atoms with Crippen molar-refractivity contribution in [3.05, 3.63) is 42.0 Å². The molecular weight excluding hydrogens is 396 g/mol. The van der Waals surface area contributed by atoms with Crippen LogP contribution < -0.4 is 5.32 Å². The minimum absolute atomic E-state index is 0.0418. The van der Waals surface area contributed by atoms with Crippen LogP contribution >= 0.6 is 0 Å². The fourth-order valence-electron chi connectivity index (χ4n) is 7.78. The number of carbonyl (C=O) groups is 2. The van der Waals surface area contributed by atoms with Crippen LogP contribution in [-0.2, 0) is 9.59 Å². The Morgan fingerprint density at radius 3 is 2.19 bits per heavy atom. The summed E-state index contributed by atoms with van der Waals surface area (Å²) in [7, 11) is 0. The van der Waals surface area contributed by atoms with Gasteiger partial charge in [-0.15, -0.1) is 0 Å². The summed E-state index contributed by atoms with van der Waals surface area (Å²) in [5, 5.41) is 3.53. The van der Waals surface area contributed by atoms with Gasteiger partial charge in [-0.2, -0.15) is 0 Å². The molecule has 0 aromatic heterocycles. The summed E-state index contributed by atoms with van der Waals surface area (Å²) in [5.41, 5.74) is 1.39. The van der Waals surface area contributed by atoms with Crippen LogP contribution in [0, 0.1) is 29.1 Å². The van der Waals surface area contributed by atoms with Gasteiger partial charge >= 0.3 is 0 Å². The van der Waals surface area contributed by atoms with Gasteiger partial charge in [0.05, 0.1) is 0 Å². The average molecular weight is 435 g/mol. The lowest BCUT2D eigenvalue weighted by Gasteiger charge is -2.59. The van der Waals surface area contributed by atoms with Crippen molar-refractivity contribution in [2.24, 2.45) is 29.1 Å². The van der Waals surface area contributed by atoms with Crippen LogP contribution in [0.4, 0.5) is 0 Å². The van der Waals surface area contributed by atoms with Gasteiger partial charge in [-0.1, -0.05) is 37.3 Å². The van der Waals surface area contributed by atoms with Crippen molar-refractivity contribution in [3.63, 3.8) is 0 Å². The molecule has 4 aliphatic carbocycles. The van der Waals surface area contributed by atoms with Crippen molar-refractivity contribution >= 4 is 17.9 Å². The number of rotatable bonds is 6. The SMILES string of the molecule is CC[C@H](NC(=O)C1CCN(C(=O)/C=C\c2ccccc2)CC1)C12CC3CC(CC(C3)C1)C2. The number of carbonyl (C=O) groups excluding carboxylic acids is 2. The quantitative estimate of drug-likeness (QED) is 0.637. The van der Waals surface area contributed by atoms with Gasteiger partial charge in [0, 0.05) is 31.1 Å². The second-order valence-corrected chi connectivity index (χ2v) is 11.1. The Hall–Kier alpha value is -2.10. The number of hydrogen-bond donors (Lipinski definition) is 1. The lowest BCUT2D eigenvalue weighted by atomic mass is 9.47. The van der Waals surface area contributed by atoms with Gasteiger partial charge in [0.15, 0.2) is 0 Å². The third-order valence-corrected chi connectivity index (χ3v) is 8.94. The van der Waals surface area contributed by atoms with Crippen LogP contribution in [0.25, 0.3) is 6.08 Å². The maximum Gasteiger partial charge on any atom is 0.246 e. The predicted octanol–water partition coefficient (Wildman–Crippen LogP) is 5.05. The molecular formula is C28H38N2O2. The predicted molar refractivity (Wildman–Crippen MR) is 128 cm³/mol. The number of likely N-dealkylation sites (tertiary alicyclic amines) is 1. The lowest BCUT2D eigenvalue weighted by Crippen LogP contribution is -2.57. The maximum atomic E-state index is 13.2. The Bertz CT molecular complexity index is 818. The topological polar surface area (TPSA) is 49.4 Å². The molecule has 32 heavy (non-hydrogen) atoms. The first kappa shape index (κ1) is 21.7. The lowest BCUT2D eigenvalue weighted by molar-refractivity contribution is -0.135. The molecule has 1 atom stereocenters. The van der Waals surface area contributed by atoms with E-state index < -0.39 is 0 Å². The van der Waals surface area contributed by atoms with Crippen LogP contribution in [-0.4, -0.2) is 35.8 Å². The Labute approximate surface area is 192 Å². The molecule has 6 rings (SSSR count). The number of piperidine rings is 1. The van der Waals surface area contributed by atoms with E-state index >= 15 is 0 Å². The summed E-state index contributed by atoms with van der Waals surface area (Å²) in [6, 6.07) is 10.2. The Kier molecular flexibility index (Phi) is 6.14. The second-order valence-electron chi connectivity index (χ2n) is 11.1. The summed E-state index contributed by atoms with van der Waals surface area (Å²) < 4.78 is 0. The number of amides is 2. The van der Waals surface area contributed by atoms with Crippen molar-refractivity contribution < 1.29 is 9.59 Å². The van der Waals surface area contributed by atoms with Crippen molar-refractivity contribution in [1.82, 2.24) is 10.2 Å².